The van der Waals surface area contributed by atoms with Crippen molar-refractivity contribution in [1.82, 2.24) is 4.90 Å². The summed E-state index contributed by atoms with van der Waals surface area (Å²) in [6, 6.07) is 13.2. The molecule has 1 aliphatic rings. The van der Waals surface area contributed by atoms with Crippen LogP contribution >= 0.6 is 0 Å². The first-order chi connectivity index (χ1) is 10.7. The monoisotopic (exact) mass is 299 g/mol. The van der Waals surface area contributed by atoms with Crippen LogP contribution in [0.3, 0.4) is 0 Å². The second kappa shape index (κ2) is 6.07. The average Bonchev–Trinajstić information content (AvgIpc) is 2.56. The molecule has 22 heavy (non-hydrogen) atoms. The maximum atomic E-state index is 11.7. The second-order valence-corrected chi connectivity index (χ2v) is 5.18. The minimum atomic E-state index is -0.555. The van der Waals surface area contributed by atoms with Crippen molar-refractivity contribution in [2.75, 3.05) is 13.8 Å². The van der Waals surface area contributed by atoms with Crippen LogP contribution in [0.15, 0.2) is 42.5 Å². The van der Waals surface area contributed by atoms with E-state index in [0.717, 1.165) is 5.56 Å². The van der Waals surface area contributed by atoms with E-state index >= 15 is 0 Å². The lowest BCUT2D eigenvalue weighted by molar-refractivity contribution is 0.0594. The summed E-state index contributed by atoms with van der Waals surface area (Å²) in [5.74, 6) is -0.0166. The maximum Gasteiger partial charge on any atom is 0.341 e. The number of phenolic OH excluding ortho intramolecular Hbond substituents is 1. The molecule has 0 atom stereocenters. The summed E-state index contributed by atoms with van der Waals surface area (Å²) in [6.45, 7) is 1.67. The molecule has 2 aromatic rings. The van der Waals surface area contributed by atoms with Gasteiger partial charge in [-0.25, -0.2) is 4.79 Å². The number of rotatable bonds is 3. The van der Waals surface area contributed by atoms with E-state index in [1.54, 1.807) is 6.07 Å². The number of fused-ring (bicyclic) bond motifs is 1. The number of hydrogen-bond donors (Lipinski definition) is 1. The van der Waals surface area contributed by atoms with Crippen LogP contribution in [0.4, 0.5) is 0 Å². The Labute approximate surface area is 128 Å². The topological polar surface area (TPSA) is 59.0 Å². The fraction of sp³-hybridized carbons (Fsp3) is 0.235. The van der Waals surface area contributed by atoms with Gasteiger partial charge in [0.25, 0.3) is 0 Å². The van der Waals surface area contributed by atoms with Crippen LogP contribution in [0.1, 0.15) is 21.5 Å². The molecule has 1 aliphatic heterocycles. The molecule has 0 radical (unpaired) electrons. The summed E-state index contributed by atoms with van der Waals surface area (Å²) in [5, 5.41) is 10.3. The summed E-state index contributed by atoms with van der Waals surface area (Å²) in [5.41, 5.74) is 1.94. The van der Waals surface area contributed by atoms with E-state index in [1.807, 2.05) is 30.3 Å². The van der Waals surface area contributed by atoms with Gasteiger partial charge in [-0.15, -0.1) is 0 Å². The first-order valence-corrected chi connectivity index (χ1v) is 7.01. The molecule has 114 valence electrons. The van der Waals surface area contributed by atoms with Crippen molar-refractivity contribution in [3.8, 4) is 11.5 Å². The first-order valence-electron chi connectivity index (χ1n) is 7.01. The predicted octanol–water partition coefficient (Wildman–Crippen LogP) is 2.53. The minimum Gasteiger partial charge on any atom is -0.507 e. The molecule has 5 nitrogen and oxygen atoms in total. The van der Waals surface area contributed by atoms with Crippen molar-refractivity contribution in [1.29, 1.82) is 0 Å². The van der Waals surface area contributed by atoms with Crippen molar-refractivity contribution in [2.24, 2.45) is 0 Å². The van der Waals surface area contributed by atoms with E-state index in [2.05, 4.69) is 9.64 Å². The lowest BCUT2D eigenvalue weighted by Crippen LogP contribution is -2.31. The Hall–Kier alpha value is -2.53. The van der Waals surface area contributed by atoms with Crippen molar-refractivity contribution >= 4 is 5.97 Å². The molecular formula is C17H17NO4. The molecule has 2 aromatic carbocycles. The average molecular weight is 299 g/mol. The van der Waals surface area contributed by atoms with Gasteiger partial charge in [0.15, 0.2) is 0 Å². The fourth-order valence-corrected chi connectivity index (χ4v) is 2.55. The van der Waals surface area contributed by atoms with Crippen LogP contribution in [-0.2, 0) is 17.8 Å². The molecule has 5 heteroatoms. The standard InChI is InChI=1S/C17H17NO4/c1-21-17(20)13-7-8-15-14(16(13)19)10-18(11-22-15)9-12-5-3-2-4-6-12/h2-8,19H,9-11H2,1H3. The largest absolute Gasteiger partial charge is 0.507 e. The summed E-state index contributed by atoms with van der Waals surface area (Å²) >= 11 is 0. The lowest BCUT2D eigenvalue weighted by atomic mass is 10.1. The van der Waals surface area contributed by atoms with Gasteiger partial charge in [-0.1, -0.05) is 30.3 Å². The minimum absolute atomic E-state index is 0.0675. The van der Waals surface area contributed by atoms with E-state index in [4.69, 9.17) is 4.74 Å². The molecule has 1 N–H and O–H groups in total. The first kappa shape index (κ1) is 14.4. The van der Waals surface area contributed by atoms with E-state index < -0.39 is 5.97 Å². The summed E-state index contributed by atoms with van der Waals surface area (Å²) in [4.78, 5) is 13.7. The van der Waals surface area contributed by atoms with Gasteiger partial charge in [-0.3, -0.25) is 4.90 Å². The van der Waals surface area contributed by atoms with Crippen LogP contribution < -0.4 is 4.74 Å². The van der Waals surface area contributed by atoms with Gasteiger partial charge >= 0.3 is 5.97 Å². The Bertz CT molecular complexity index is 685. The number of benzene rings is 2. The smallest absolute Gasteiger partial charge is 0.341 e. The van der Waals surface area contributed by atoms with Gasteiger partial charge < -0.3 is 14.6 Å². The zero-order chi connectivity index (χ0) is 15.5. The van der Waals surface area contributed by atoms with E-state index in [1.165, 1.54) is 13.2 Å². The highest BCUT2D eigenvalue weighted by atomic mass is 16.5. The van der Waals surface area contributed by atoms with Crippen molar-refractivity contribution in [3.63, 3.8) is 0 Å². The third-order valence-corrected chi connectivity index (χ3v) is 3.68. The highest BCUT2D eigenvalue weighted by Gasteiger charge is 2.24. The quantitative estimate of drug-likeness (QED) is 0.883. The Balaban J connectivity index is 1.83. The van der Waals surface area contributed by atoms with Crippen LogP contribution in [-0.4, -0.2) is 29.8 Å². The van der Waals surface area contributed by atoms with E-state index in [-0.39, 0.29) is 11.3 Å². The molecule has 0 amide bonds. The molecular weight excluding hydrogens is 282 g/mol. The fourth-order valence-electron chi connectivity index (χ4n) is 2.55. The van der Waals surface area contributed by atoms with Gasteiger partial charge in [-0.05, 0) is 17.7 Å². The van der Waals surface area contributed by atoms with Crippen LogP contribution in [0.5, 0.6) is 11.5 Å². The second-order valence-electron chi connectivity index (χ2n) is 5.18. The molecule has 0 saturated heterocycles. The number of carbonyl (C=O) groups is 1. The normalized spacial score (nSPS) is 14.0. The Morgan fingerprint density at radius 1 is 1.27 bits per heavy atom. The molecule has 0 saturated carbocycles. The Kier molecular flexibility index (Phi) is 3.98. The van der Waals surface area contributed by atoms with E-state index in [9.17, 15) is 9.90 Å². The summed E-state index contributed by atoms with van der Waals surface area (Å²) in [6.07, 6.45) is 0. The number of nitrogens with zero attached hydrogens (tertiary/aromatic N) is 1. The van der Waals surface area contributed by atoms with Crippen molar-refractivity contribution in [3.05, 3.63) is 59.2 Å². The summed E-state index contributed by atoms with van der Waals surface area (Å²) < 4.78 is 10.3. The maximum absolute atomic E-state index is 11.7. The molecule has 0 aliphatic carbocycles. The van der Waals surface area contributed by atoms with Crippen molar-refractivity contribution in [2.45, 2.75) is 13.1 Å². The van der Waals surface area contributed by atoms with Crippen LogP contribution in [0, 0.1) is 0 Å². The third-order valence-electron chi connectivity index (χ3n) is 3.68. The van der Waals surface area contributed by atoms with Gasteiger partial charge in [0.2, 0.25) is 0 Å². The Morgan fingerprint density at radius 2 is 2.05 bits per heavy atom. The van der Waals surface area contributed by atoms with Gasteiger partial charge in [0, 0.05) is 13.1 Å². The number of phenols is 1. The number of ether oxygens (including phenoxy) is 2. The van der Waals surface area contributed by atoms with Gasteiger partial charge in [-0.2, -0.15) is 0 Å². The SMILES string of the molecule is COC(=O)c1ccc2c(c1O)CN(Cc1ccccc1)CO2. The lowest BCUT2D eigenvalue weighted by Gasteiger charge is -2.29. The highest BCUT2D eigenvalue weighted by molar-refractivity contribution is 5.93. The van der Waals surface area contributed by atoms with E-state index in [0.29, 0.717) is 31.1 Å². The van der Waals surface area contributed by atoms with Gasteiger partial charge in [0.1, 0.15) is 23.8 Å². The molecule has 0 spiro atoms. The third kappa shape index (κ3) is 2.76. The highest BCUT2D eigenvalue weighted by Crippen LogP contribution is 2.35. The van der Waals surface area contributed by atoms with Crippen LogP contribution in [0.25, 0.3) is 0 Å². The zero-order valence-electron chi connectivity index (χ0n) is 12.3. The zero-order valence-corrected chi connectivity index (χ0v) is 12.3. The predicted molar refractivity (Wildman–Crippen MR) is 80.6 cm³/mol. The molecule has 0 aromatic heterocycles. The molecule has 3 rings (SSSR count). The molecule has 1 heterocycles. The molecule has 0 fully saturated rings. The number of aromatic hydroxyl groups is 1. The Morgan fingerprint density at radius 3 is 2.77 bits per heavy atom. The number of esters is 1. The number of hydrogen-bond acceptors (Lipinski definition) is 5. The van der Waals surface area contributed by atoms with Gasteiger partial charge in [0.05, 0.1) is 12.7 Å². The van der Waals surface area contributed by atoms with Crippen molar-refractivity contribution < 1.29 is 19.4 Å². The summed E-state index contributed by atoms with van der Waals surface area (Å²) in [7, 11) is 1.29. The number of methoxy groups -OCH3 is 1. The molecule has 0 bridgehead atoms. The number of carbonyl (C=O) groups excluding carboxylic acids is 1. The van der Waals surface area contributed by atoms with Crippen LogP contribution in [0.2, 0.25) is 0 Å². The molecule has 0 unspecified atom stereocenters.